The minimum Gasteiger partial charge on any atom is -0.487 e. The SMILES string of the molecule is Cl.Cl.O=C(NC1(CN2CCN(S(=O)(=O)C3=Cc4ccc(Cl)cc4OC3)CC2=O)CCN(c2ccncc2)CC1)OCCN1CCCC1. The molecule has 2 aromatic rings. The molecule has 1 aromatic carbocycles. The number of hydrogen-bond donors (Lipinski definition) is 1. The number of nitrogens with zero attached hydrogens (tertiary/aromatic N) is 5. The van der Waals surface area contributed by atoms with E-state index in [1.807, 2.05) is 12.1 Å². The number of likely N-dealkylation sites (tertiary alicyclic amines) is 1. The number of anilines is 1. The van der Waals surface area contributed by atoms with E-state index in [2.05, 4.69) is 20.1 Å². The summed E-state index contributed by atoms with van der Waals surface area (Å²) in [4.78, 5) is 36.9. The largest absolute Gasteiger partial charge is 0.487 e. The third kappa shape index (κ3) is 8.81. The molecule has 4 aliphatic rings. The van der Waals surface area contributed by atoms with Gasteiger partial charge in [0.1, 0.15) is 19.0 Å². The number of ether oxygens (including phenoxy) is 2. The van der Waals surface area contributed by atoms with Gasteiger partial charge in [0.25, 0.3) is 0 Å². The first-order valence-electron chi connectivity index (χ1n) is 15.4. The summed E-state index contributed by atoms with van der Waals surface area (Å²) in [6.45, 7) is 4.58. The van der Waals surface area contributed by atoms with Crippen LogP contribution in [0.15, 0.2) is 47.6 Å². The number of aromatic nitrogens is 1. The van der Waals surface area contributed by atoms with E-state index < -0.39 is 21.7 Å². The maximum atomic E-state index is 13.5. The predicted octanol–water partition coefficient (Wildman–Crippen LogP) is 3.65. The summed E-state index contributed by atoms with van der Waals surface area (Å²) in [6.07, 6.45) is 8.11. The summed E-state index contributed by atoms with van der Waals surface area (Å²) in [7, 11) is -3.93. The molecule has 3 fully saturated rings. The third-order valence-corrected chi connectivity index (χ3v) is 11.2. The number of piperazine rings is 1. The Balaban J connectivity index is 0.00000250. The van der Waals surface area contributed by atoms with Crippen molar-refractivity contribution in [2.45, 2.75) is 31.2 Å². The van der Waals surface area contributed by atoms with Gasteiger partial charge in [0, 0.05) is 67.9 Å². The fraction of sp³-hybridized carbons (Fsp3) is 0.516. The summed E-state index contributed by atoms with van der Waals surface area (Å²) in [5, 5.41) is 3.63. The number of halogens is 3. The Morgan fingerprint density at radius 2 is 1.74 bits per heavy atom. The highest BCUT2D eigenvalue weighted by Crippen LogP contribution is 2.33. The van der Waals surface area contributed by atoms with Crippen LogP contribution in [0.2, 0.25) is 5.02 Å². The van der Waals surface area contributed by atoms with Crippen molar-refractivity contribution < 1.29 is 27.5 Å². The molecule has 0 aliphatic carbocycles. The Morgan fingerprint density at radius 1 is 1.02 bits per heavy atom. The molecular weight excluding hydrogens is 691 g/mol. The van der Waals surface area contributed by atoms with E-state index >= 15 is 0 Å². The summed E-state index contributed by atoms with van der Waals surface area (Å²) in [6, 6.07) is 8.94. The van der Waals surface area contributed by atoms with Gasteiger partial charge in [-0.3, -0.25) is 14.7 Å². The van der Waals surface area contributed by atoms with Gasteiger partial charge in [-0.1, -0.05) is 11.6 Å². The molecule has 0 bridgehead atoms. The number of piperidine rings is 1. The normalized spacial score (nSPS) is 19.9. The Morgan fingerprint density at radius 3 is 2.45 bits per heavy atom. The van der Waals surface area contributed by atoms with Crippen molar-refractivity contribution in [3.63, 3.8) is 0 Å². The zero-order valence-electron chi connectivity index (χ0n) is 26.0. The molecule has 0 unspecified atom stereocenters. The van der Waals surface area contributed by atoms with Gasteiger partial charge < -0.3 is 24.6 Å². The van der Waals surface area contributed by atoms with Crippen LogP contribution in [0.25, 0.3) is 6.08 Å². The van der Waals surface area contributed by atoms with E-state index in [1.54, 1.807) is 41.6 Å². The van der Waals surface area contributed by atoms with Gasteiger partial charge in [-0.25, -0.2) is 13.2 Å². The average molecular weight is 732 g/mol. The maximum absolute atomic E-state index is 13.5. The molecule has 4 aliphatic heterocycles. The van der Waals surface area contributed by atoms with Gasteiger partial charge in [-0.2, -0.15) is 4.31 Å². The molecule has 5 heterocycles. The molecule has 0 radical (unpaired) electrons. The van der Waals surface area contributed by atoms with Crippen LogP contribution in [-0.4, -0.2) is 117 Å². The van der Waals surface area contributed by atoms with Crippen LogP contribution in [0.4, 0.5) is 10.5 Å². The molecule has 3 saturated heterocycles. The number of carbonyl (C=O) groups is 2. The summed E-state index contributed by atoms with van der Waals surface area (Å²) < 4.78 is 39.5. The second-order valence-electron chi connectivity index (χ2n) is 12.0. The molecule has 2 amide bonds. The van der Waals surface area contributed by atoms with Crippen molar-refractivity contribution >= 4 is 70.2 Å². The number of fused-ring (bicyclic) bond motifs is 1. The van der Waals surface area contributed by atoms with Crippen molar-refractivity contribution in [3.8, 4) is 5.75 Å². The lowest BCUT2D eigenvalue weighted by atomic mass is 9.86. The second-order valence-corrected chi connectivity index (χ2v) is 14.4. The third-order valence-electron chi connectivity index (χ3n) is 9.07. The number of nitrogens with one attached hydrogen (secondary N) is 1. The van der Waals surface area contributed by atoms with Crippen LogP contribution < -0.4 is 15.0 Å². The smallest absolute Gasteiger partial charge is 0.407 e. The van der Waals surface area contributed by atoms with Crippen molar-refractivity contribution in [1.82, 2.24) is 24.4 Å². The standard InChI is InChI=1S/C31H39ClN6O6S.2ClH/c32-25-4-3-24-19-27(22-44-28(24)20-25)45(41,42)38-16-15-37(29(39)21-38)23-31(34-30(40)43-18-17-35-11-1-2-12-35)7-13-36(14-8-31)26-5-9-33-10-6-26;;/h3-6,9-10,19-20H,1-2,7-8,11-18,21-23H2,(H,34,40);2*1H. The Kier molecular flexibility index (Phi) is 12.6. The van der Waals surface area contributed by atoms with Gasteiger partial charge in [-0.05, 0) is 75.2 Å². The molecular formula is C31H41Cl3N6O6S. The van der Waals surface area contributed by atoms with Crippen LogP contribution in [0.5, 0.6) is 5.75 Å². The van der Waals surface area contributed by atoms with Crippen LogP contribution in [0.1, 0.15) is 31.2 Å². The molecule has 1 N–H and O–H groups in total. The molecule has 0 atom stereocenters. The number of alkyl carbamates (subject to hydrolysis) is 1. The van der Waals surface area contributed by atoms with Crippen molar-refractivity contribution in [1.29, 1.82) is 0 Å². The van der Waals surface area contributed by atoms with Gasteiger partial charge in [-0.15, -0.1) is 24.8 Å². The Hall–Kier alpha value is -2.81. The zero-order chi connectivity index (χ0) is 31.4. The minimum absolute atomic E-state index is 0. The number of amides is 2. The average Bonchev–Trinajstić information content (AvgIpc) is 3.56. The highest BCUT2D eigenvalue weighted by Gasteiger charge is 2.42. The van der Waals surface area contributed by atoms with Gasteiger partial charge >= 0.3 is 6.09 Å². The number of hydrogen-bond acceptors (Lipinski definition) is 9. The molecule has 0 saturated carbocycles. The Bertz CT molecular complexity index is 1540. The fourth-order valence-electron chi connectivity index (χ4n) is 6.45. The number of benzene rings is 1. The molecule has 6 rings (SSSR count). The lowest BCUT2D eigenvalue weighted by Crippen LogP contribution is -2.64. The fourth-order valence-corrected chi connectivity index (χ4v) is 8.03. The van der Waals surface area contributed by atoms with E-state index in [0.29, 0.717) is 55.4 Å². The van der Waals surface area contributed by atoms with Gasteiger partial charge in [0.15, 0.2) is 0 Å². The number of rotatable bonds is 9. The molecule has 258 valence electrons. The first-order chi connectivity index (χ1) is 21.7. The monoisotopic (exact) mass is 730 g/mol. The molecule has 0 spiro atoms. The Labute approximate surface area is 293 Å². The first kappa shape index (κ1) is 37.0. The van der Waals surface area contributed by atoms with E-state index in [0.717, 1.165) is 18.8 Å². The number of carbonyl (C=O) groups excluding carboxylic acids is 2. The summed E-state index contributed by atoms with van der Waals surface area (Å²) in [5.74, 6) is 0.208. The van der Waals surface area contributed by atoms with Crippen LogP contribution >= 0.6 is 36.4 Å². The van der Waals surface area contributed by atoms with Crippen molar-refractivity contribution in [3.05, 3.63) is 58.2 Å². The maximum Gasteiger partial charge on any atom is 0.407 e. The molecule has 1 aromatic heterocycles. The topological polar surface area (TPSA) is 125 Å². The van der Waals surface area contributed by atoms with Crippen LogP contribution in [-0.2, 0) is 19.6 Å². The number of sulfonamides is 1. The summed E-state index contributed by atoms with van der Waals surface area (Å²) in [5.41, 5.74) is 0.955. The lowest BCUT2D eigenvalue weighted by Gasteiger charge is -2.46. The molecule has 47 heavy (non-hydrogen) atoms. The second kappa shape index (κ2) is 16.1. The lowest BCUT2D eigenvalue weighted by molar-refractivity contribution is -0.135. The predicted molar refractivity (Wildman–Crippen MR) is 185 cm³/mol. The number of pyridine rings is 1. The van der Waals surface area contributed by atoms with Gasteiger partial charge in [0.2, 0.25) is 15.9 Å². The highest BCUT2D eigenvalue weighted by atomic mass is 35.5. The molecule has 16 heteroatoms. The van der Waals surface area contributed by atoms with Crippen molar-refractivity contribution in [2.24, 2.45) is 0 Å². The summed E-state index contributed by atoms with van der Waals surface area (Å²) >= 11 is 6.04. The van der Waals surface area contributed by atoms with Crippen LogP contribution in [0, 0.1) is 0 Å². The first-order valence-corrected chi connectivity index (χ1v) is 17.3. The van der Waals surface area contributed by atoms with Crippen molar-refractivity contribution in [2.75, 3.05) is 77.0 Å². The van der Waals surface area contributed by atoms with E-state index in [9.17, 15) is 18.0 Å². The van der Waals surface area contributed by atoms with Gasteiger partial charge in [0.05, 0.1) is 17.0 Å². The highest BCUT2D eigenvalue weighted by molar-refractivity contribution is 7.93. The van der Waals surface area contributed by atoms with E-state index in [4.69, 9.17) is 21.1 Å². The minimum atomic E-state index is -3.93. The molecule has 12 nitrogen and oxygen atoms in total. The van der Waals surface area contributed by atoms with Crippen LogP contribution in [0.3, 0.4) is 0 Å². The zero-order valence-corrected chi connectivity index (χ0v) is 29.2. The van der Waals surface area contributed by atoms with E-state index in [-0.39, 0.29) is 68.4 Å². The quantitative estimate of drug-likeness (QED) is 0.412. The van der Waals surface area contributed by atoms with E-state index in [1.165, 1.54) is 17.1 Å².